The minimum Gasteiger partial charge on any atom is -0.479 e. The van der Waals surface area contributed by atoms with Crippen molar-refractivity contribution < 1.29 is 24.3 Å². The van der Waals surface area contributed by atoms with Crippen LogP contribution in [0, 0.1) is 0 Å². The summed E-state index contributed by atoms with van der Waals surface area (Å²) in [6, 6.07) is 0. The Bertz CT molecular complexity index is 270. The van der Waals surface area contributed by atoms with Crippen LogP contribution in [0.1, 0.15) is 13.3 Å². The first kappa shape index (κ1) is 12.3. The minimum atomic E-state index is -4.85. The average Bonchev–Trinajstić information content (AvgIpc) is 1.97. The number of allylic oxidation sites excluding steroid dienone is 1. The van der Waals surface area contributed by atoms with Gasteiger partial charge in [-0.1, -0.05) is 12.2 Å². The van der Waals surface area contributed by atoms with Gasteiger partial charge in [-0.05, 0) is 6.92 Å². The molecule has 6 nitrogen and oxygen atoms in total. The van der Waals surface area contributed by atoms with Crippen molar-refractivity contribution in [3.63, 3.8) is 0 Å². The molecular formula is C6H12NO5P. The Morgan fingerprint density at radius 1 is 1.62 bits per heavy atom. The van der Waals surface area contributed by atoms with Crippen molar-refractivity contribution in [3.05, 3.63) is 12.2 Å². The van der Waals surface area contributed by atoms with Crippen molar-refractivity contribution in [3.8, 4) is 0 Å². The lowest BCUT2D eigenvalue weighted by Crippen LogP contribution is -2.47. The summed E-state index contributed by atoms with van der Waals surface area (Å²) in [7, 11) is -4.85. The largest absolute Gasteiger partial charge is 0.479 e. The summed E-state index contributed by atoms with van der Waals surface area (Å²) in [5, 5.41) is 6.03. The monoisotopic (exact) mass is 209 g/mol. The van der Waals surface area contributed by atoms with Gasteiger partial charge >= 0.3 is 13.6 Å². The maximum absolute atomic E-state index is 10.8. The van der Waals surface area contributed by atoms with E-state index in [-0.39, 0.29) is 0 Å². The van der Waals surface area contributed by atoms with Gasteiger partial charge in [0.05, 0.1) is 0 Å². The van der Waals surface area contributed by atoms with E-state index >= 15 is 0 Å². The lowest BCUT2D eigenvalue weighted by atomic mass is 10.2. The fourth-order valence-electron chi connectivity index (χ4n) is 0.628. The van der Waals surface area contributed by atoms with E-state index in [4.69, 9.17) is 20.6 Å². The maximum atomic E-state index is 10.8. The fourth-order valence-corrected chi connectivity index (χ4v) is 1.22. The van der Waals surface area contributed by atoms with Gasteiger partial charge < -0.3 is 20.6 Å². The smallest absolute Gasteiger partial charge is 0.357 e. The van der Waals surface area contributed by atoms with Gasteiger partial charge in [0.2, 0.25) is 5.28 Å². The second-order valence-corrected chi connectivity index (χ2v) is 4.43. The van der Waals surface area contributed by atoms with Gasteiger partial charge in [0, 0.05) is 6.42 Å². The topological polar surface area (TPSA) is 121 Å². The zero-order valence-corrected chi connectivity index (χ0v) is 7.94. The summed E-state index contributed by atoms with van der Waals surface area (Å²) in [5.41, 5.74) is 5.09. The van der Waals surface area contributed by atoms with Crippen LogP contribution in [0.25, 0.3) is 0 Å². The number of carboxylic acids is 1. The summed E-state index contributed by atoms with van der Waals surface area (Å²) in [5.74, 6) is -1.71. The molecule has 0 fully saturated rings. The molecule has 0 aromatic carbocycles. The van der Waals surface area contributed by atoms with Gasteiger partial charge in [0.25, 0.3) is 0 Å². The Morgan fingerprint density at radius 3 is 2.31 bits per heavy atom. The zero-order valence-electron chi connectivity index (χ0n) is 7.04. The molecule has 0 bridgehead atoms. The molecule has 0 spiro atoms. The van der Waals surface area contributed by atoms with Gasteiger partial charge in [-0.15, -0.1) is 0 Å². The molecule has 0 radical (unpaired) electrons. The van der Waals surface area contributed by atoms with Crippen molar-refractivity contribution in [1.29, 1.82) is 0 Å². The Kier molecular flexibility index (Phi) is 3.81. The quantitative estimate of drug-likeness (QED) is 0.378. The average molecular weight is 209 g/mol. The molecule has 0 aliphatic heterocycles. The van der Waals surface area contributed by atoms with Gasteiger partial charge in [0.1, 0.15) is 0 Å². The number of carbonyl (C=O) groups is 1. The summed E-state index contributed by atoms with van der Waals surface area (Å²) in [4.78, 5) is 27.9. The molecule has 0 aromatic rings. The van der Waals surface area contributed by atoms with Crippen molar-refractivity contribution in [2.24, 2.45) is 5.73 Å². The fraction of sp³-hybridized carbons (Fsp3) is 0.500. The van der Waals surface area contributed by atoms with E-state index in [1.807, 2.05) is 0 Å². The predicted molar refractivity (Wildman–Crippen MR) is 46.0 cm³/mol. The van der Waals surface area contributed by atoms with Crippen molar-refractivity contribution >= 4 is 13.6 Å². The highest BCUT2D eigenvalue weighted by molar-refractivity contribution is 7.54. The molecule has 0 aliphatic rings. The Balaban J connectivity index is 4.97. The van der Waals surface area contributed by atoms with E-state index in [1.54, 1.807) is 6.92 Å². The van der Waals surface area contributed by atoms with E-state index in [2.05, 4.69) is 0 Å². The number of carboxylic acid groups (broad SMARTS) is 1. The third kappa shape index (κ3) is 2.63. The van der Waals surface area contributed by atoms with Crippen LogP contribution in [0.3, 0.4) is 0 Å². The Morgan fingerprint density at radius 2 is 2.08 bits per heavy atom. The van der Waals surface area contributed by atoms with Gasteiger partial charge in [0.15, 0.2) is 0 Å². The lowest BCUT2D eigenvalue weighted by Gasteiger charge is -2.23. The van der Waals surface area contributed by atoms with Crippen LogP contribution in [-0.4, -0.2) is 26.1 Å². The molecule has 0 saturated heterocycles. The molecular weight excluding hydrogens is 197 g/mol. The normalized spacial score (nSPS) is 17.2. The first-order chi connectivity index (χ1) is 5.75. The summed E-state index contributed by atoms with van der Waals surface area (Å²) >= 11 is 0. The van der Waals surface area contributed by atoms with E-state index in [0.717, 1.165) is 0 Å². The standard InChI is InChI=1S/C6H12NO5P/c1-2-3-4-6(7,5(8)9)13(10,11)12/h2-3H,4,7H2,1H3,(H,8,9)(H2,10,11,12)/b3-2+. The lowest BCUT2D eigenvalue weighted by molar-refractivity contribution is -0.140. The van der Waals surface area contributed by atoms with Crippen molar-refractivity contribution in [2.75, 3.05) is 0 Å². The number of nitrogens with two attached hydrogens (primary N) is 1. The number of hydrogen-bond donors (Lipinski definition) is 4. The first-order valence-corrected chi connectivity index (χ1v) is 5.06. The van der Waals surface area contributed by atoms with Crippen LogP contribution in [-0.2, 0) is 9.36 Å². The Hall–Kier alpha value is -0.680. The molecule has 0 amide bonds. The van der Waals surface area contributed by atoms with Crippen molar-refractivity contribution in [2.45, 2.75) is 18.6 Å². The summed E-state index contributed by atoms with van der Waals surface area (Å²) in [6.07, 6.45) is 2.37. The molecule has 1 atom stereocenters. The summed E-state index contributed by atoms with van der Waals surface area (Å²) < 4.78 is 10.8. The minimum absolute atomic E-state index is 0.400. The van der Waals surface area contributed by atoms with Gasteiger partial charge in [-0.2, -0.15) is 0 Å². The van der Waals surface area contributed by atoms with E-state index < -0.39 is 25.3 Å². The van der Waals surface area contributed by atoms with Crippen LogP contribution < -0.4 is 5.73 Å². The van der Waals surface area contributed by atoms with E-state index in [1.165, 1.54) is 12.2 Å². The molecule has 0 aliphatic carbocycles. The second-order valence-electron chi connectivity index (χ2n) is 2.55. The molecule has 0 rings (SSSR count). The molecule has 7 heteroatoms. The predicted octanol–water partition coefficient (Wildman–Crippen LogP) is -0.130. The molecule has 1 unspecified atom stereocenters. The van der Waals surface area contributed by atoms with Gasteiger partial charge in [-0.25, -0.2) is 4.79 Å². The molecule has 13 heavy (non-hydrogen) atoms. The SMILES string of the molecule is C/C=C/CC(N)(C(=O)O)P(=O)(O)O. The number of hydrogen-bond acceptors (Lipinski definition) is 3. The van der Waals surface area contributed by atoms with Crippen LogP contribution in [0.4, 0.5) is 0 Å². The highest BCUT2D eigenvalue weighted by Crippen LogP contribution is 2.49. The molecule has 0 saturated carbocycles. The maximum Gasteiger partial charge on any atom is 0.357 e. The first-order valence-electron chi connectivity index (χ1n) is 3.45. The number of rotatable bonds is 4. The van der Waals surface area contributed by atoms with E-state index in [0.29, 0.717) is 0 Å². The van der Waals surface area contributed by atoms with Crippen LogP contribution >= 0.6 is 7.60 Å². The molecule has 0 aromatic heterocycles. The van der Waals surface area contributed by atoms with Crippen LogP contribution in [0.5, 0.6) is 0 Å². The van der Waals surface area contributed by atoms with Crippen LogP contribution in [0.2, 0.25) is 0 Å². The second kappa shape index (κ2) is 4.02. The summed E-state index contributed by atoms with van der Waals surface area (Å²) in [6.45, 7) is 1.60. The third-order valence-corrected chi connectivity index (χ3v) is 2.97. The van der Waals surface area contributed by atoms with Crippen LogP contribution in [0.15, 0.2) is 12.2 Å². The van der Waals surface area contributed by atoms with E-state index in [9.17, 15) is 9.36 Å². The molecule has 0 heterocycles. The highest BCUT2D eigenvalue weighted by atomic mass is 31.2. The van der Waals surface area contributed by atoms with Gasteiger partial charge in [-0.3, -0.25) is 4.57 Å². The Labute approximate surface area is 75.2 Å². The zero-order chi connectivity index (χ0) is 10.7. The molecule has 5 N–H and O–H groups in total. The van der Waals surface area contributed by atoms with Crippen molar-refractivity contribution in [1.82, 2.24) is 0 Å². The molecule has 76 valence electrons. The third-order valence-electron chi connectivity index (χ3n) is 1.55. The number of aliphatic carboxylic acids is 1. The highest BCUT2D eigenvalue weighted by Gasteiger charge is 2.49.